The number of nitrogens with two attached hydrogens (primary N) is 1. The van der Waals surface area contributed by atoms with Crippen LogP contribution in [0.3, 0.4) is 0 Å². The van der Waals surface area contributed by atoms with Crippen molar-refractivity contribution in [3.05, 3.63) is 41.0 Å². The van der Waals surface area contributed by atoms with E-state index in [1.807, 2.05) is 13.8 Å². The summed E-state index contributed by atoms with van der Waals surface area (Å²) in [6, 6.07) is 6.69. The van der Waals surface area contributed by atoms with Crippen molar-refractivity contribution in [3.8, 4) is 0 Å². The monoisotopic (exact) mass is 278 g/mol. The molecule has 0 saturated carbocycles. The second-order valence-corrected chi connectivity index (χ2v) is 4.88. The minimum Gasteiger partial charge on any atom is -0.398 e. The predicted molar refractivity (Wildman–Crippen MR) is 76.4 cm³/mol. The first-order valence-corrected chi connectivity index (χ1v) is 6.26. The van der Waals surface area contributed by atoms with Gasteiger partial charge in [-0.1, -0.05) is 11.6 Å². The van der Waals surface area contributed by atoms with Gasteiger partial charge in [0.15, 0.2) is 0 Å². The number of aromatic nitrogens is 2. The van der Waals surface area contributed by atoms with Crippen molar-refractivity contribution in [1.82, 2.24) is 9.78 Å². The third-order valence-electron chi connectivity index (χ3n) is 2.66. The number of benzene rings is 1. The molecule has 1 aromatic carbocycles. The highest BCUT2D eigenvalue weighted by molar-refractivity contribution is 6.31. The van der Waals surface area contributed by atoms with Crippen LogP contribution in [0.2, 0.25) is 5.02 Å². The fraction of sp³-hybridized carbons (Fsp3) is 0.231. The molecule has 0 aliphatic heterocycles. The number of carbonyl (C=O) groups is 1. The van der Waals surface area contributed by atoms with Crippen molar-refractivity contribution < 1.29 is 4.79 Å². The van der Waals surface area contributed by atoms with E-state index in [1.54, 1.807) is 35.1 Å². The molecule has 19 heavy (non-hydrogen) atoms. The van der Waals surface area contributed by atoms with E-state index in [0.29, 0.717) is 22.1 Å². The van der Waals surface area contributed by atoms with Gasteiger partial charge in [0.05, 0.1) is 11.8 Å². The molecule has 0 radical (unpaired) electrons. The highest BCUT2D eigenvalue weighted by Gasteiger charge is 2.13. The standard InChI is InChI=1S/C13H15ClN4O/c1-8(2)18-12(5-6-16-18)17-13(19)10-7-9(14)3-4-11(10)15/h3-8H,15H2,1-2H3,(H,17,19). The van der Waals surface area contributed by atoms with Crippen LogP contribution in [-0.4, -0.2) is 15.7 Å². The minimum absolute atomic E-state index is 0.155. The molecule has 1 aromatic heterocycles. The van der Waals surface area contributed by atoms with Gasteiger partial charge in [0.2, 0.25) is 0 Å². The van der Waals surface area contributed by atoms with Crippen molar-refractivity contribution in [1.29, 1.82) is 0 Å². The quantitative estimate of drug-likeness (QED) is 0.848. The van der Waals surface area contributed by atoms with E-state index in [0.717, 1.165) is 0 Å². The molecule has 0 saturated heterocycles. The second-order valence-electron chi connectivity index (χ2n) is 4.44. The highest BCUT2D eigenvalue weighted by Crippen LogP contribution is 2.20. The summed E-state index contributed by atoms with van der Waals surface area (Å²) < 4.78 is 1.72. The third-order valence-corrected chi connectivity index (χ3v) is 2.90. The number of nitrogens with one attached hydrogen (secondary N) is 1. The molecule has 0 spiro atoms. The predicted octanol–water partition coefficient (Wildman–Crippen LogP) is 2.95. The number of halogens is 1. The lowest BCUT2D eigenvalue weighted by molar-refractivity contribution is 0.102. The van der Waals surface area contributed by atoms with E-state index in [4.69, 9.17) is 17.3 Å². The maximum absolute atomic E-state index is 12.2. The zero-order valence-electron chi connectivity index (χ0n) is 10.7. The number of nitrogens with zero attached hydrogens (tertiary/aromatic N) is 2. The summed E-state index contributed by atoms with van der Waals surface area (Å²) in [4.78, 5) is 12.2. The van der Waals surface area contributed by atoms with Crippen molar-refractivity contribution in [3.63, 3.8) is 0 Å². The Labute approximate surface area is 116 Å². The molecule has 0 aliphatic rings. The number of amides is 1. The maximum atomic E-state index is 12.2. The van der Waals surface area contributed by atoms with Crippen LogP contribution >= 0.6 is 11.6 Å². The first-order valence-electron chi connectivity index (χ1n) is 5.89. The van der Waals surface area contributed by atoms with Crippen LogP contribution in [0.4, 0.5) is 11.5 Å². The average molecular weight is 279 g/mol. The molecule has 100 valence electrons. The summed E-state index contributed by atoms with van der Waals surface area (Å²) in [7, 11) is 0. The Morgan fingerprint density at radius 3 is 2.84 bits per heavy atom. The summed E-state index contributed by atoms with van der Waals surface area (Å²) in [5, 5.41) is 7.40. The molecule has 0 bridgehead atoms. The highest BCUT2D eigenvalue weighted by atomic mass is 35.5. The Balaban J connectivity index is 2.26. The Hall–Kier alpha value is -2.01. The van der Waals surface area contributed by atoms with Crippen LogP contribution in [0.5, 0.6) is 0 Å². The van der Waals surface area contributed by atoms with Crippen LogP contribution in [0.25, 0.3) is 0 Å². The molecule has 0 unspecified atom stereocenters. The number of nitrogen functional groups attached to an aromatic ring is 1. The first-order chi connectivity index (χ1) is 8.99. The van der Waals surface area contributed by atoms with E-state index in [2.05, 4.69) is 10.4 Å². The van der Waals surface area contributed by atoms with Gasteiger partial charge in [0.25, 0.3) is 5.91 Å². The normalized spacial score (nSPS) is 10.7. The SMILES string of the molecule is CC(C)n1nccc1NC(=O)c1cc(Cl)ccc1N. The van der Waals surface area contributed by atoms with E-state index in [9.17, 15) is 4.79 Å². The van der Waals surface area contributed by atoms with Gasteiger partial charge >= 0.3 is 0 Å². The lowest BCUT2D eigenvalue weighted by atomic mass is 10.1. The fourth-order valence-electron chi connectivity index (χ4n) is 1.73. The van der Waals surface area contributed by atoms with Crippen LogP contribution in [0.15, 0.2) is 30.5 Å². The van der Waals surface area contributed by atoms with Gasteiger partial charge in [0.1, 0.15) is 5.82 Å². The Kier molecular flexibility index (Phi) is 3.76. The summed E-state index contributed by atoms with van der Waals surface area (Å²) in [6.07, 6.45) is 1.64. The van der Waals surface area contributed by atoms with Gasteiger partial charge in [-0.2, -0.15) is 5.10 Å². The maximum Gasteiger partial charge on any atom is 0.258 e. The molecule has 0 fully saturated rings. The summed E-state index contributed by atoms with van der Waals surface area (Å²) in [5.41, 5.74) is 6.51. The van der Waals surface area contributed by atoms with Gasteiger partial charge in [-0.05, 0) is 32.0 Å². The molecule has 3 N–H and O–H groups in total. The summed E-state index contributed by atoms with van der Waals surface area (Å²) >= 11 is 5.87. The molecule has 2 aromatic rings. The van der Waals surface area contributed by atoms with Crippen molar-refractivity contribution in [2.45, 2.75) is 19.9 Å². The van der Waals surface area contributed by atoms with Gasteiger partial charge in [-0.3, -0.25) is 4.79 Å². The largest absolute Gasteiger partial charge is 0.398 e. The number of rotatable bonds is 3. The van der Waals surface area contributed by atoms with E-state index >= 15 is 0 Å². The molecule has 2 rings (SSSR count). The van der Waals surface area contributed by atoms with Crippen LogP contribution < -0.4 is 11.1 Å². The minimum atomic E-state index is -0.303. The van der Waals surface area contributed by atoms with Gasteiger partial charge in [-0.15, -0.1) is 0 Å². The zero-order valence-corrected chi connectivity index (χ0v) is 11.5. The number of carbonyl (C=O) groups excluding carboxylic acids is 1. The molecule has 0 atom stereocenters. The average Bonchev–Trinajstić information content (AvgIpc) is 2.80. The molecule has 0 aliphatic carbocycles. The van der Waals surface area contributed by atoms with E-state index in [-0.39, 0.29) is 11.9 Å². The molecule has 6 heteroatoms. The molecule has 1 amide bonds. The van der Waals surface area contributed by atoms with Crippen molar-refractivity contribution >= 4 is 29.0 Å². The Bertz CT molecular complexity index is 606. The smallest absolute Gasteiger partial charge is 0.258 e. The summed E-state index contributed by atoms with van der Waals surface area (Å²) in [6.45, 7) is 3.97. The lowest BCUT2D eigenvalue weighted by Crippen LogP contribution is -2.18. The Morgan fingerprint density at radius 1 is 1.42 bits per heavy atom. The summed E-state index contributed by atoms with van der Waals surface area (Å²) in [5.74, 6) is 0.321. The van der Waals surface area contributed by atoms with Crippen LogP contribution in [0.1, 0.15) is 30.2 Å². The lowest BCUT2D eigenvalue weighted by Gasteiger charge is -2.12. The topological polar surface area (TPSA) is 72.9 Å². The van der Waals surface area contributed by atoms with Crippen molar-refractivity contribution in [2.75, 3.05) is 11.1 Å². The molecular weight excluding hydrogens is 264 g/mol. The van der Waals surface area contributed by atoms with Gasteiger partial charge in [0, 0.05) is 22.8 Å². The van der Waals surface area contributed by atoms with E-state index in [1.165, 1.54) is 0 Å². The van der Waals surface area contributed by atoms with Crippen LogP contribution in [-0.2, 0) is 0 Å². The zero-order chi connectivity index (χ0) is 14.0. The van der Waals surface area contributed by atoms with Crippen molar-refractivity contribution in [2.24, 2.45) is 0 Å². The molecular formula is C13H15ClN4O. The molecule has 5 nitrogen and oxygen atoms in total. The van der Waals surface area contributed by atoms with Gasteiger partial charge in [-0.25, -0.2) is 4.68 Å². The van der Waals surface area contributed by atoms with Gasteiger partial charge < -0.3 is 11.1 Å². The third kappa shape index (κ3) is 2.88. The Morgan fingerprint density at radius 2 is 2.16 bits per heavy atom. The number of hydrogen-bond acceptors (Lipinski definition) is 3. The molecule has 1 heterocycles. The van der Waals surface area contributed by atoms with E-state index < -0.39 is 0 Å². The fourth-order valence-corrected chi connectivity index (χ4v) is 1.91. The second kappa shape index (κ2) is 5.32. The first kappa shape index (κ1) is 13.4. The van der Waals surface area contributed by atoms with Crippen LogP contribution in [0, 0.1) is 0 Å². The number of anilines is 2. The number of hydrogen-bond donors (Lipinski definition) is 2.